The van der Waals surface area contributed by atoms with Gasteiger partial charge < -0.3 is 15.4 Å². The van der Waals surface area contributed by atoms with Crippen molar-refractivity contribution in [2.75, 3.05) is 38.0 Å². The van der Waals surface area contributed by atoms with Crippen molar-refractivity contribution in [2.24, 2.45) is 0 Å². The lowest BCUT2D eigenvalue weighted by molar-refractivity contribution is -0.117. The van der Waals surface area contributed by atoms with Crippen molar-refractivity contribution in [2.45, 2.75) is 6.61 Å². The first-order valence-electron chi connectivity index (χ1n) is 6.42. The first-order valence-corrected chi connectivity index (χ1v) is 6.42. The van der Waals surface area contributed by atoms with Crippen molar-refractivity contribution in [3.05, 3.63) is 24.3 Å². The minimum atomic E-state index is -2.92. The summed E-state index contributed by atoms with van der Waals surface area (Å²) in [7, 11) is 0. The van der Waals surface area contributed by atoms with Gasteiger partial charge in [0.2, 0.25) is 5.91 Å². The molecule has 1 saturated heterocycles. The minimum Gasteiger partial charge on any atom is -0.433 e. The molecule has 2 rings (SSSR count). The molecule has 1 aliphatic rings. The average Bonchev–Trinajstić information content (AvgIpc) is 2.41. The molecule has 0 atom stereocenters. The number of carbonyl (C=O) groups excluding carboxylic acids is 1. The summed E-state index contributed by atoms with van der Waals surface area (Å²) < 4.78 is 28.9. The maximum absolute atomic E-state index is 12.3. The van der Waals surface area contributed by atoms with Crippen LogP contribution in [0, 0.1) is 0 Å². The van der Waals surface area contributed by atoms with Gasteiger partial charge in [0.05, 0.1) is 12.2 Å². The molecule has 1 heterocycles. The Kier molecular flexibility index (Phi) is 10.0. The van der Waals surface area contributed by atoms with Crippen molar-refractivity contribution in [3.8, 4) is 5.75 Å². The molecule has 22 heavy (non-hydrogen) atoms. The fraction of sp³-hybridized carbons (Fsp3) is 0.462. The number of carbonyl (C=O) groups is 1. The fourth-order valence-corrected chi connectivity index (χ4v) is 2.03. The normalized spacial score (nSPS) is 14.7. The minimum absolute atomic E-state index is 0. The van der Waals surface area contributed by atoms with Crippen LogP contribution in [0.3, 0.4) is 0 Å². The number of anilines is 1. The number of piperazine rings is 1. The second-order valence-corrected chi connectivity index (χ2v) is 4.45. The van der Waals surface area contributed by atoms with E-state index >= 15 is 0 Å². The molecule has 5 nitrogen and oxygen atoms in total. The Hall–Kier alpha value is -1.15. The van der Waals surface area contributed by atoms with Crippen LogP contribution < -0.4 is 15.4 Å². The van der Waals surface area contributed by atoms with E-state index in [1.54, 1.807) is 12.1 Å². The Morgan fingerprint density at radius 1 is 1.27 bits per heavy atom. The van der Waals surface area contributed by atoms with Gasteiger partial charge in [-0.3, -0.25) is 9.69 Å². The number of rotatable bonds is 5. The quantitative estimate of drug-likeness (QED) is 0.845. The van der Waals surface area contributed by atoms with E-state index in [4.69, 9.17) is 0 Å². The van der Waals surface area contributed by atoms with E-state index in [1.165, 1.54) is 12.1 Å². The van der Waals surface area contributed by atoms with Crippen molar-refractivity contribution in [1.82, 2.24) is 10.2 Å². The third kappa shape index (κ3) is 6.74. The summed E-state index contributed by atoms with van der Waals surface area (Å²) in [5.41, 5.74) is 0.257. The number of amides is 1. The van der Waals surface area contributed by atoms with Gasteiger partial charge in [-0.25, -0.2) is 0 Å². The maximum Gasteiger partial charge on any atom is 0.387 e. The molecule has 1 aliphatic heterocycles. The van der Waals surface area contributed by atoms with Crippen LogP contribution in [0.2, 0.25) is 0 Å². The van der Waals surface area contributed by atoms with Gasteiger partial charge in [0.25, 0.3) is 0 Å². The Morgan fingerprint density at radius 3 is 2.55 bits per heavy atom. The van der Waals surface area contributed by atoms with Gasteiger partial charge in [-0.1, -0.05) is 12.1 Å². The Labute approximate surface area is 140 Å². The van der Waals surface area contributed by atoms with E-state index in [0.29, 0.717) is 0 Å². The summed E-state index contributed by atoms with van der Waals surface area (Å²) in [6.45, 7) is 0.605. The number of benzene rings is 1. The zero-order valence-electron chi connectivity index (χ0n) is 11.8. The van der Waals surface area contributed by atoms with Crippen molar-refractivity contribution in [3.63, 3.8) is 0 Å². The SMILES string of the molecule is Cl.Cl.O=C(CN1CCNCC1)Nc1ccccc1OC(F)F. The summed E-state index contributed by atoms with van der Waals surface area (Å²) in [6, 6.07) is 6.16. The van der Waals surface area contributed by atoms with Crippen LogP contribution in [0.1, 0.15) is 0 Å². The number of hydrogen-bond acceptors (Lipinski definition) is 4. The molecular formula is C13H19Cl2F2N3O2. The van der Waals surface area contributed by atoms with E-state index in [1.807, 2.05) is 4.90 Å². The lowest BCUT2D eigenvalue weighted by atomic mass is 10.3. The zero-order valence-corrected chi connectivity index (χ0v) is 13.4. The van der Waals surface area contributed by atoms with Gasteiger partial charge in [-0.05, 0) is 12.1 Å². The number of halogens is 4. The summed E-state index contributed by atoms with van der Waals surface area (Å²) in [4.78, 5) is 13.9. The molecule has 0 saturated carbocycles. The van der Waals surface area contributed by atoms with Gasteiger partial charge in [-0.15, -0.1) is 24.8 Å². The molecule has 1 aromatic rings. The van der Waals surface area contributed by atoms with E-state index in [9.17, 15) is 13.6 Å². The molecule has 0 aliphatic carbocycles. The lowest BCUT2D eigenvalue weighted by Crippen LogP contribution is -2.46. The highest BCUT2D eigenvalue weighted by molar-refractivity contribution is 5.93. The Bertz CT molecular complexity index is 461. The highest BCUT2D eigenvalue weighted by Gasteiger charge is 2.15. The monoisotopic (exact) mass is 357 g/mol. The topological polar surface area (TPSA) is 53.6 Å². The van der Waals surface area contributed by atoms with E-state index in [-0.39, 0.29) is 48.7 Å². The van der Waals surface area contributed by atoms with Gasteiger partial charge in [0.15, 0.2) is 0 Å². The summed E-state index contributed by atoms with van der Waals surface area (Å²) in [5.74, 6) is -0.270. The number of hydrogen-bond donors (Lipinski definition) is 2. The molecule has 0 bridgehead atoms. The average molecular weight is 358 g/mol. The molecule has 0 radical (unpaired) electrons. The van der Waals surface area contributed by atoms with E-state index in [2.05, 4.69) is 15.4 Å². The van der Waals surface area contributed by atoms with E-state index in [0.717, 1.165) is 26.2 Å². The zero-order chi connectivity index (χ0) is 14.4. The van der Waals surface area contributed by atoms with Crippen molar-refractivity contribution >= 4 is 36.4 Å². The third-order valence-corrected chi connectivity index (χ3v) is 2.95. The summed E-state index contributed by atoms with van der Waals surface area (Å²) >= 11 is 0. The van der Waals surface area contributed by atoms with Crippen LogP contribution in [0.5, 0.6) is 5.75 Å². The smallest absolute Gasteiger partial charge is 0.387 e. The highest BCUT2D eigenvalue weighted by atomic mass is 35.5. The molecule has 0 aromatic heterocycles. The molecular weight excluding hydrogens is 339 g/mol. The number of ether oxygens (including phenoxy) is 1. The van der Waals surface area contributed by atoms with Crippen LogP contribution in [0.25, 0.3) is 0 Å². The third-order valence-electron chi connectivity index (χ3n) is 2.95. The Balaban J connectivity index is 0.00000220. The van der Waals surface area contributed by atoms with Crippen LogP contribution in [0.15, 0.2) is 24.3 Å². The van der Waals surface area contributed by atoms with Crippen molar-refractivity contribution in [1.29, 1.82) is 0 Å². The van der Waals surface area contributed by atoms with Crippen LogP contribution in [-0.2, 0) is 4.79 Å². The summed E-state index contributed by atoms with van der Waals surface area (Å²) in [6.07, 6.45) is 0. The molecule has 1 aromatic carbocycles. The van der Waals surface area contributed by atoms with Crippen LogP contribution in [0.4, 0.5) is 14.5 Å². The predicted molar refractivity (Wildman–Crippen MR) is 85.5 cm³/mol. The van der Waals surface area contributed by atoms with Gasteiger partial charge in [-0.2, -0.15) is 8.78 Å². The number of nitrogens with one attached hydrogen (secondary N) is 2. The first-order chi connectivity index (χ1) is 9.65. The molecule has 2 N–H and O–H groups in total. The van der Waals surface area contributed by atoms with Gasteiger partial charge in [0, 0.05) is 26.2 Å². The summed E-state index contributed by atoms with van der Waals surface area (Å²) in [5, 5.41) is 5.80. The standard InChI is InChI=1S/C13H17F2N3O2.2ClH/c14-13(15)20-11-4-2-1-3-10(11)17-12(19)9-18-7-5-16-6-8-18;;/h1-4,13,16H,5-9H2,(H,17,19);2*1H. The van der Waals surface area contributed by atoms with Crippen LogP contribution in [-0.4, -0.2) is 50.1 Å². The fourth-order valence-electron chi connectivity index (χ4n) is 2.03. The van der Waals surface area contributed by atoms with Gasteiger partial charge >= 0.3 is 6.61 Å². The van der Waals surface area contributed by atoms with Gasteiger partial charge in [0.1, 0.15) is 5.75 Å². The van der Waals surface area contributed by atoms with Crippen LogP contribution >= 0.6 is 24.8 Å². The number of para-hydroxylation sites is 2. The van der Waals surface area contributed by atoms with E-state index < -0.39 is 6.61 Å². The highest BCUT2D eigenvalue weighted by Crippen LogP contribution is 2.25. The molecule has 0 unspecified atom stereocenters. The lowest BCUT2D eigenvalue weighted by Gasteiger charge is -2.26. The molecule has 0 spiro atoms. The number of alkyl halides is 2. The second kappa shape index (κ2) is 10.6. The predicted octanol–water partition coefficient (Wildman–Crippen LogP) is 1.98. The molecule has 126 valence electrons. The largest absolute Gasteiger partial charge is 0.433 e. The van der Waals surface area contributed by atoms with Crippen molar-refractivity contribution < 1.29 is 18.3 Å². The number of nitrogens with zero attached hydrogens (tertiary/aromatic N) is 1. The Morgan fingerprint density at radius 2 is 1.91 bits per heavy atom. The molecule has 1 fully saturated rings. The first kappa shape index (κ1) is 20.9. The second-order valence-electron chi connectivity index (χ2n) is 4.45. The maximum atomic E-state index is 12.3. The molecule has 1 amide bonds. The molecule has 9 heteroatoms.